The first kappa shape index (κ1) is 17.8. The molecule has 0 radical (unpaired) electrons. The lowest BCUT2D eigenvalue weighted by molar-refractivity contribution is 0.243. The molecule has 1 aliphatic heterocycles. The Bertz CT molecular complexity index is 1350. The highest BCUT2D eigenvalue weighted by Gasteiger charge is 2.29. The van der Waals surface area contributed by atoms with Crippen molar-refractivity contribution in [1.82, 2.24) is 19.9 Å². The zero-order valence-electron chi connectivity index (χ0n) is 17.1. The van der Waals surface area contributed by atoms with Crippen molar-refractivity contribution in [2.24, 2.45) is 0 Å². The highest BCUT2D eigenvalue weighted by molar-refractivity contribution is 5.97. The monoisotopic (exact) mass is 396 g/mol. The van der Waals surface area contributed by atoms with Gasteiger partial charge in [0.05, 0.1) is 22.3 Å². The van der Waals surface area contributed by atoms with E-state index in [1.54, 1.807) is 0 Å². The number of nitrogens with one attached hydrogen (secondary N) is 1. The van der Waals surface area contributed by atoms with Gasteiger partial charge in [-0.05, 0) is 43.5 Å². The van der Waals surface area contributed by atoms with Crippen LogP contribution in [0.5, 0.6) is 0 Å². The molecule has 1 fully saturated rings. The lowest BCUT2D eigenvalue weighted by Gasteiger charge is -2.28. The summed E-state index contributed by atoms with van der Waals surface area (Å²) >= 11 is 0. The number of nitrogens with zero attached hydrogens (tertiary/aromatic N) is 3. The molecule has 5 heteroatoms. The van der Waals surface area contributed by atoms with Crippen LogP contribution < -0.4 is 5.56 Å². The topological polar surface area (TPSA) is 61.9 Å². The average Bonchev–Trinajstić information content (AvgIpc) is 3.60. The first-order valence-corrected chi connectivity index (χ1v) is 10.8. The van der Waals surface area contributed by atoms with E-state index in [0.29, 0.717) is 12.5 Å². The number of hydrogen-bond donors (Lipinski definition) is 1. The molecule has 0 spiro atoms. The molecule has 2 aromatic heterocycles. The van der Waals surface area contributed by atoms with Crippen molar-refractivity contribution in [3.8, 4) is 0 Å². The summed E-state index contributed by atoms with van der Waals surface area (Å²) in [7, 11) is 0. The van der Waals surface area contributed by atoms with Crippen LogP contribution >= 0.6 is 0 Å². The van der Waals surface area contributed by atoms with E-state index in [9.17, 15) is 4.79 Å². The molecule has 6 rings (SSSR count). The van der Waals surface area contributed by atoms with E-state index < -0.39 is 0 Å². The predicted octanol–water partition coefficient (Wildman–Crippen LogP) is 4.22. The van der Waals surface area contributed by atoms with E-state index in [0.717, 1.165) is 60.5 Å². The van der Waals surface area contributed by atoms with Gasteiger partial charge in [0.2, 0.25) is 0 Å². The molecule has 0 amide bonds. The third-order valence-electron chi connectivity index (χ3n) is 6.46. The molecule has 0 bridgehead atoms. The van der Waals surface area contributed by atoms with Crippen LogP contribution in [-0.4, -0.2) is 26.4 Å². The van der Waals surface area contributed by atoms with Crippen LogP contribution in [0.4, 0.5) is 0 Å². The summed E-state index contributed by atoms with van der Waals surface area (Å²) in [5.74, 6) is 1.37. The first-order valence-electron chi connectivity index (χ1n) is 10.8. The first-order chi connectivity index (χ1) is 14.7. The van der Waals surface area contributed by atoms with Gasteiger partial charge >= 0.3 is 0 Å². The number of pyridine rings is 1. The number of para-hydroxylation sites is 1. The number of rotatable bonds is 3. The minimum absolute atomic E-state index is 0.0480. The Kier molecular flexibility index (Phi) is 4.00. The molecule has 0 unspecified atom stereocenters. The van der Waals surface area contributed by atoms with E-state index in [1.165, 1.54) is 21.9 Å². The molecule has 1 saturated carbocycles. The van der Waals surface area contributed by atoms with Gasteiger partial charge in [-0.3, -0.25) is 9.69 Å². The zero-order valence-corrected chi connectivity index (χ0v) is 17.1. The third-order valence-corrected chi connectivity index (χ3v) is 6.46. The second-order valence-corrected chi connectivity index (χ2v) is 8.74. The van der Waals surface area contributed by atoms with Crippen LogP contribution in [-0.2, 0) is 19.5 Å². The van der Waals surface area contributed by atoms with Crippen LogP contribution in [0.1, 0.15) is 47.0 Å². The van der Waals surface area contributed by atoms with Gasteiger partial charge in [0, 0.05) is 42.7 Å². The number of aromatic amines is 1. The van der Waals surface area contributed by atoms with Crippen molar-refractivity contribution in [2.45, 2.75) is 45.2 Å². The number of aromatic nitrogens is 3. The van der Waals surface area contributed by atoms with Crippen LogP contribution in [0, 0.1) is 6.92 Å². The maximum Gasteiger partial charge on any atom is 0.255 e. The predicted molar refractivity (Wildman–Crippen MR) is 119 cm³/mol. The fourth-order valence-electron chi connectivity index (χ4n) is 4.67. The summed E-state index contributed by atoms with van der Waals surface area (Å²) in [6.45, 7) is 4.48. The molecule has 1 aliphatic carbocycles. The number of H-pyrrole nitrogens is 1. The van der Waals surface area contributed by atoms with Crippen LogP contribution in [0.15, 0.2) is 47.3 Å². The maximum atomic E-state index is 12.8. The fourth-order valence-corrected chi connectivity index (χ4v) is 4.67. The van der Waals surface area contributed by atoms with Gasteiger partial charge in [0.1, 0.15) is 5.82 Å². The lowest BCUT2D eigenvalue weighted by atomic mass is 9.99. The van der Waals surface area contributed by atoms with Crippen molar-refractivity contribution in [2.75, 3.05) is 6.54 Å². The summed E-state index contributed by atoms with van der Waals surface area (Å²) in [6.07, 6.45) is 3.13. The smallest absolute Gasteiger partial charge is 0.255 e. The molecule has 5 nitrogen and oxygen atoms in total. The Balaban J connectivity index is 1.41. The standard InChI is InChI=1S/C25H24N4O/c1-15-6-9-22-18(12-15)19(17-4-2-3-5-21(17)26-22)13-29-11-10-23-20(14-29)25(30)28-24(27-23)16-7-8-16/h2-6,9,12,16H,7-8,10-11,13-14H2,1H3,(H,27,28,30). The molecule has 0 saturated heterocycles. The number of hydrogen-bond acceptors (Lipinski definition) is 4. The molecule has 2 aromatic carbocycles. The number of fused-ring (bicyclic) bond motifs is 3. The van der Waals surface area contributed by atoms with Crippen molar-refractivity contribution in [3.05, 3.63) is 81.0 Å². The molecule has 2 aliphatic rings. The minimum Gasteiger partial charge on any atom is -0.310 e. The quantitative estimate of drug-likeness (QED) is 0.527. The van der Waals surface area contributed by atoms with Crippen LogP contribution in [0.2, 0.25) is 0 Å². The normalized spacial score (nSPS) is 16.8. The maximum absolute atomic E-state index is 12.8. The summed E-state index contributed by atoms with van der Waals surface area (Å²) in [5.41, 5.74) is 6.46. The lowest BCUT2D eigenvalue weighted by Crippen LogP contribution is -2.35. The minimum atomic E-state index is 0.0480. The van der Waals surface area contributed by atoms with Gasteiger partial charge < -0.3 is 4.98 Å². The highest BCUT2D eigenvalue weighted by atomic mass is 16.1. The van der Waals surface area contributed by atoms with E-state index >= 15 is 0 Å². The van der Waals surface area contributed by atoms with Crippen molar-refractivity contribution in [3.63, 3.8) is 0 Å². The van der Waals surface area contributed by atoms with Gasteiger partial charge in [-0.2, -0.15) is 0 Å². The Labute approximate surface area is 174 Å². The summed E-state index contributed by atoms with van der Waals surface area (Å²) < 4.78 is 0. The van der Waals surface area contributed by atoms with Crippen molar-refractivity contribution in [1.29, 1.82) is 0 Å². The number of aryl methyl sites for hydroxylation is 1. The fraction of sp³-hybridized carbons (Fsp3) is 0.320. The molecular formula is C25H24N4O. The third kappa shape index (κ3) is 3.01. The average molecular weight is 396 g/mol. The van der Waals surface area contributed by atoms with Gasteiger partial charge in [-0.25, -0.2) is 9.97 Å². The van der Waals surface area contributed by atoms with E-state index in [2.05, 4.69) is 53.2 Å². The molecule has 150 valence electrons. The largest absolute Gasteiger partial charge is 0.310 e. The molecule has 0 atom stereocenters. The molecular weight excluding hydrogens is 372 g/mol. The van der Waals surface area contributed by atoms with Gasteiger partial charge in [0.15, 0.2) is 0 Å². The Morgan fingerprint density at radius 2 is 1.90 bits per heavy atom. The van der Waals surface area contributed by atoms with Crippen LogP contribution in [0.3, 0.4) is 0 Å². The number of benzene rings is 2. The second kappa shape index (κ2) is 6.74. The SMILES string of the molecule is Cc1ccc2nc3ccccc3c(CN3CCc4nc(C5CC5)[nH]c(=O)c4C3)c2c1. The van der Waals surface area contributed by atoms with E-state index in [1.807, 2.05) is 6.07 Å². The molecule has 1 N–H and O–H groups in total. The second-order valence-electron chi connectivity index (χ2n) is 8.74. The zero-order chi connectivity index (χ0) is 20.2. The van der Waals surface area contributed by atoms with Crippen molar-refractivity contribution >= 4 is 21.8 Å². The summed E-state index contributed by atoms with van der Waals surface area (Å²) in [5, 5.41) is 2.40. The summed E-state index contributed by atoms with van der Waals surface area (Å²) in [6, 6.07) is 14.8. The van der Waals surface area contributed by atoms with Crippen LogP contribution in [0.25, 0.3) is 21.8 Å². The Morgan fingerprint density at radius 3 is 2.77 bits per heavy atom. The Morgan fingerprint density at radius 1 is 1.07 bits per heavy atom. The Hall–Kier alpha value is -3.05. The van der Waals surface area contributed by atoms with Crippen molar-refractivity contribution < 1.29 is 0 Å². The molecule has 4 aromatic rings. The van der Waals surface area contributed by atoms with E-state index in [4.69, 9.17) is 9.97 Å². The highest BCUT2D eigenvalue weighted by Crippen LogP contribution is 2.38. The molecule has 3 heterocycles. The van der Waals surface area contributed by atoms with Gasteiger partial charge in [-0.15, -0.1) is 0 Å². The van der Waals surface area contributed by atoms with E-state index in [-0.39, 0.29) is 5.56 Å². The summed E-state index contributed by atoms with van der Waals surface area (Å²) in [4.78, 5) is 27.8. The van der Waals surface area contributed by atoms with Gasteiger partial charge in [-0.1, -0.05) is 29.8 Å². The van der Waals surface area contributed by atoms with Gasteiger partial charge in [0.25, 0.3) is 5.56 Å². The molecule has 30 heavy (non-hydrogen) atoms.